The first-order chi connectivity index (χ1) is 5.65. The molecule has 0 aliphatic heterocycles. The molecule has 66 valence electrons. The summed E-state index contributed by atoms with van der Waals surface area (Å²) >= 11 is 11.7. The Bertz CT molecular complexity index is 273. The van der Waals surface area contributed by atoms with E-state index in [0.717, 1.165) is 5.56 Å². The van der Waals surface area contributed by atoms with Gasteiger partial charge >= 0.3 is 0 Å². The molecule has 0 unspecified atom stereocenters. The van der Waals surface area contributed by atoms with Crippen molar-refractivity contribution in [2.24, 2.45) is 0 Å². The summed E-state index contributed by atoms with van der Waals surface area (Å²) in [5.41, 5.74) is 1.07. The van der Waals surface area contributed by atoms with Crippen molar-refractivity contribution in [2.45, 2.75) is 13.0 Å². The van der Waals surface area contributed by atoms with Crippen molar-refractivity contribution in [3.8, 4) is 0 Å². The van der Waals surface area contributed by atoms with E-state index in [-0.39, 0.29) is 6.04 Å². The van der Waals surface area contributed by atoms with Crippen molar-refractivity contribution < 1.29 is 0 Å². The predicted molar refractivity (Wildman–Crippen MR) is 53.9 cm³/mol. The first-order valence-electron chi connectivity index (χ1n) is 3.77. The summed E-state index contributed by atoms with van der Waals surface area (Å²) in [5, 5.41) is 4.50. The van der Waals surface area contributed by atoms with E-state index in [1.54, 1.807) is 6.07 Å². The molecule has 0 aliphatic carbocycles. The Kier molecular flexibility index (Phi) is 3.39. The molecule has 0 aromatic heterocycles. The lowest BCUT2D eigenvalue weighted by Crippen LogP contribution is -2.12. The molecule has 1 aromatic carbocycles. The van der Waals surface area contributed by atoms with Crippen LogP contribution in [0.1, 0.15) is 18.5 Å². The zero-order valence-corrected chi connectivity index (χ0v) is 8.58. The van der Waals surface area contributed by atoms with E-state index in [9.17, 15) is 0 Å². The second-order valence-corrected chi connectivity index (χ2v) is 3.52. The third-order valence-electron chi connectivity index (χ3n) is 1.86. The van der Waals surface area contributed by atoms with E-state index in [2.05, 4.69) is 12.2 Å². The second-order valence-electron chi connectivity index (χ2n) is 2.68. The number of hydrogen-bond acceptors (Lipinski definition) is 1. The summed E-state index contributed by atoms with van der Waals surface area (Å²) in [6, 6.07) is 5.80. The van der Waals surface area contributed by atoms with Crippen LogP contribution in [0.2, 0.25) is 10.0 Å². The number of hydrogen-bond donors (Lipinski definition) is 1. The fourth-order valence-electron chi connectivity index (χ4n) is 1.01. The lowest BCUT2D eigenvalue weighted by atomic mass is 10.1. The first-order valence-corrected chi connectivity index (χ1v) is 4.53. The Balaban J connectivity index is 3.01. The van der Waals surface area contributed by atoms with E-state index < -0.39 is 0 Å². The second kappa shape index (κ2) is 4.13. The van der Waals surface area contributed by atoms with Gasteiger partial charge in [0.1, 0.15) is 0 Å². The minimum Gasteiger partial charge on any atom is -0.313 e. The van der Waals surface area contributed by atoms with Crippen LogP contribution in [0.15, 0.2) is 18.2 Å². The maximum atomic E-state index is 5.98. The van der Waals surface area contributed by atoms with E-state index >= 15 is 0 Å². The Morgan fingerprint density at radius 2 is 2.00 bits per heavy atom. The normalized spacial score (nSPS) is 13.0. The monoisotopic (exact) mass is 203 g/mol. The van der Waals surface area contributed by atoms with Gasteiger partial charge in [-0.25, -0.2) is 0 Å². The average molecular weight is 204 g/mol. The molecule has 0 fully saturated rings. The van der Waals surface area contributed by atoms with Gasteiger partial charge in [0.25, 0.3) is 0 Å². The van der Waals surface area contributed by atoms with Gasteiger partial charge in [-0.05, 0) is 31.7 Å². The molecule has 0 bridgehead atoms. The third kappa shape index (κ3) is 2.13. The quantitative estimate of drug-likeness (QED) is 0.779. The molecule has 3 heteroatoms. The van der Waals surface area contributed by atoms with Crippen molar-refractivity contribution in [1.82, 2.24) is 5.32 Å². The minimum atomic E-state index is 0.259. The van der Waals surface area contributed by atoms with Crippen LogP contribution in [0.25, 0.3) is 0 Å². The molecule has 1 N–H and O–H groups in total. The van der Waals surface area contributed by atoms with Gasteiger partial charge < -0.3 is 5.32 Å². The Morgan fingerprint density at radius 1 is 1.33 bits per heavy atom. The van der Waals surface area contributed by atoms with Crippen molar-refractivity contribution in [1.29, 1.82) is 0 Å². The van der Waals surface area contributed by atoms with Gasteiger partial charge in [0, 0.05) is 16.1 Å². The molecule has 0 aliphatic rings. The lowest BCUT2D eigenvalue weighted by molar-refractivity contribution is 0.652. The number of benzene rings is 1. The van der Waals surface area contributed by atoms with Gasteiger partial charge in [-0.2, -0.15) is 0 Å². The topological polar surface area (TPSA) is 12.0 Å². The molecule has 0 heterocycles. The van der Waals surface area contributed by atoms with Gasteiger partial charge in [-0.3, -0.25) is 0 Å². The number of nitrogens with one attached hydrogen (secondary N) is 1. The molecule has 0 saturated carbocycles. The van der Waals surface area contributed by atoms with Crippen molar-refractivity contribution in [3.63, 3.8) is 0 Å². The Labute approximate surface area is 82.7 Å². The highest BCUT2D eigenvalue weighted by atomic mass is 35.5. The van der Waals surface area contributed by atoms with Crippen LogP contribution in [-0.4, -0.2) is 7.05 Å². The Hall–Kier alpha value is -0.240. The zero-order valence-electron chi connectivity index (χ0n) is 7.07. The summed E-state index contributed by atoms with van der Waals surface area (Å²) < 4.78 is 0. The van der Waals surface area contributed by atoms with Crippen LogP contribution in [-0.2, 0) is 0 Å². The van der Waals surface area contributed by atoms with E-state index in [0.29, 0.717) is 10.0 Å². The highest BCUT2D eigenvalue weighted by molar-refractivity contribution is 6.35. The smallest absolute Gasteiger partial charge is 0.0468 e. The first kappa shape index (κ1) is 9.85. The lowest BCUT2D eigenvalue weighted by Gasteiger charge is -2.12. The summed E-state index contributed by atoms with van der Waals surface area (Å²) in [6.07, 6.45) is 0. The largest absolute Gasteiger partial charge is 0.313 e. The van der Waals surface area contributed by atoms with Gasteiger partial charge in [0.15, 0.2) is 0 Å². The van der Waals surface area contributed by atoms with E-state index in [4.69, 9.17) is 23.2 Å². The molecule has 0 saturated heterocycles. The van der Waals surface area contributed by atoms with Crippen molar-refractivity contribution >= 4 is 23.2 Å². The summed E-state index contributed by atoms with van der Waals surface area (Å²) in [5.74, 6) is 0. The van der Waals surface area contributed by atoms with Crippen LogP contribution in [0, 0.1) is 0 Å². The molecule has 12 heavy (non-hydrogen) atoms. The van der Waals surface area contributed by atoms with Gasteiger partial charge in [0.2, 0.25) is 0 Å². The molecule has 1 aromatic rings. The van der Waals surface area contributed by atoms with Gasteiger partial charge in [-0.15, -0.1) is 0 Å². The molecule has 0 amide bonds. The number of halogens is 2. The summed E-state index contributed by atoms with van der Waals surface area (Å²) in [7, 11) is 1.90. The Morgan fingerprint density at radius 3 is 2.50 bits per heavy atom. The van der Waals surface area contributed by atoms with Crippen LogP contribution >= 0.6 is 23.2 Å². The summed E-state index contributed by atoms with van der Waals surface area (Å²) in [6.45, 7) is 2.05. The molecular formula is C9H11Cl2N. The zero-order chi connectivity index (χ0) is 9.14. The third-order valence-corrected chi connectivity index (χ3v) is 2.42. The van der Waals surface area contributed by atoms with Crippen molar-refractivity contribution in [2.75, 3.05) is 7.05 Å². The fourth-order valence-corrected chi connectivity index (χ4v) is 1.58. The molecule has 1 atom stereocenters. The van der Waals surface area contributed by atoms with Gasteiger partial charge in [0.05, 0.1) is 0 Å². The molecular weight excluding hydrogens is 193 g/mol. The molecule has 1 rings (SSSR count). The average Bonchev–Trinajstić information content (AvgIpc) is 2.03. The fraction of sp³-hybridized carbons (Fsp3) is 0.333. The number of rotatable bonds is 2. The van der Waals surface area contributed by atoms with Crippen LogP contribution in [0.5, 0.6) is 0 Å². The maximum absolute atomic E-state index is 5.98. The summed E-state index contributed by atoms with van der Waals surface area (Å²) in [4.78, 5) is 0. The molecule has 1 nitrogen and oxygen atoms in total. The van der Waals surface area contributed by atoms with Crippen LogP contribution in [0.4, 0.5) is 0 Å². The maximum Gasteiger partial charge on any atom is 0.0468 e. The minimum absolute atomic E-state index is 0.259. The molecule has 0 radical (unpaired) electrons. The van der Waals surface area contributed by atoms with Crippen molar-refractivity contribution in [3.05, 3.63) is 33.8 Å². The highest BCUT2D eigenvalue weighted by Gasteiger charge is 2.06. The van der Waals surface area contributed by atoms with Gasteiger partial charge in [-0.1, -0.05) is 29.3 Å². The van der Waals surface area contributed by atoms with E-state index in [1.165, 1.54) is 0 Å². The standard InChI is InChI=1S/C9H11Cl2N/c1-6(12-2)8-4-3-7(10)5-9(8)11/h3-6,12H,1-2H3/t6-/m1/s1. The van der Waals surface area contributed by atoms with Crippen LogP contribution < -0.4 is 5.32 Å². The van der Waals surface area contributed by atoms with Crippen LogP contribution in [0.3, 0.4) is 0 Å². The SMILES string of the molecule is CN[C@H](C)c1ccc(Cl)cc1Cl. The molecule has 0 spiro atoms. The predicted octanol–water partition coefficient (Wildman–Crippen LogP) is 3.27. The van der Waals surface area contributed by atoms with E-state index in [1.807, 2.05) is 19.2 Å². The highest BCUT2D eigenvalue weighted by Crippen LogP contribution is 2.25.